The maximum absolute atomic E-state index is 12.2. The van der Waals surface area contributed by atoms with E-state index in [1.54, 1.807) is 0 Å². The van der Waals surface area contributed by atoms with Crippen LogP contribution in [0.1, 0.15) is 46.0 Å². The van der Waals surface area contributed by atoms with E-state index in [1.807, 2.05) is 0 Å². The van der Waals surface area contributed by atoms with Crippen LogP contribution in [0.4, 0.5) is 0 Å². The zero-order valence-corrected chi connectivity index (χ0v) is 11.8. The first-order valence-electron chi connectivity index (χ1n) is 6.49. The molecule has 2 nitrogen and oxygen atoms in total. The average Bonchev–Trinajstić information content (AvgIpc) is 3.03. The highest BCUT2D eigenvalue weighted by Crippen LogP contribution is 2.55. The molecule has 2 aliphatic rings. The first-order chi connectivity index (χ1) is 7.61. The van der Waals surface area contributed by atoms with E-state index in [4.69, 9.17) is 0 Å². The van der Waals surface area contributed by atoms with Crippen molar-refractivity contribution >= 4 is 21.8 Å². The number of hydrogen-bond acceptors (Lipinski definition) is 1. The SMILES string of the molecule is CCC(C)(CBr)NC(=O)C1C2CCCCC21. The van der Waals surface area contributed by atoms with E-state index in [0.717, 1.165) is 11.8 Å². The van der Waals surface area contributed by atoms with Gasteiger partial charge >= 0.3 is 0 Å². The molecule has 0 spiro atoms. The normalized spacial score (nSPS) is 36.1. The Morgan fingerprint density at radius 3 is 2.38 bits per heavy atom. The van der Waals surface area contributed by atoms with Gasteiger partial charge in [-0.2, -0.15) is 0 Å². The van der Waals surface area contributed by atoms with Crippen molar-refractivity contribution < 1.29 is 4.79 Å². The summed E-state index contributed by atoms with van der Waals surface area (Å²) < 4.78 is 0. The highest BCUT2D eigenvalue weighted by Gasteiger charge is 2.55. The maximum Gasteiger partial charge on any atom is 0.224 e. The van der Waals surface area contributed by atoms with Gasteiger partial charge in [0.15, 0.2) is 0 Å². The van der Waals surface area contributed by atoms with Crippen LogP contribution in [-0.2, 0) is 4.79 Å². The number of amides is 1. The molecule has 2 fully saturated rings. The van der Waals surface area contributed by atoms with Crippen molar-refractivity contribution in [3.8, 4) is 0 Å². The summed E-state index contributed by atoms with van der Waals surface area (Å²) in [5.74, 6) is 2.07. The van der Waals surface area contributed by atoms with Crippen molar-refractivity contribution in [1.29, 1.82) is 0 Å². The van der Waals surface area contributed by atoms with Gasteiger partial charge in [-0.05, 0) is 38.0 Å². The molecule has 0 aromatic rings. The van der Waals surface area contributed by atoms with Crippen LogP contribution in [-0.4, -0.2) is 16.8 Å². The predicted octanol–water partition coefficient (Wildman–Crippen LogP) is 3.10. The van der Waals surface area contributed by atoms with E-state index in [0.29, 0.717) is 23.7 Å². The number of carbonyl (C=O) groups is 1. The molecule has 16 heavy (non-hydrogen) atoms. The lowest BCUT2D eigenvalue weighted by Crippen LogP contribution is -2.47. The first kappa shape index (κ1) is 12.4. The molecule has 2 rings (SSSR count). The summed E-state index contributed by atoms with van der Waals surface area (Å²) in [6.45, 7) is 4.24. The Hall–Kier alpha value is -0.0500. The van der Waals surface area contributed by atoms with Crippen molar-refractivity contribution in [3.63, 3.8) is 0 Å². The smallest absolute Gasteiger partial charge is 0.224 e. The average molecular weight is 288 g/mol. The largest absolute Gasteiger partial charge is 0.350 e. The number of nitrogens with one attached hydrogen (secondary N) is 1. The third kappa shape index (κ3) is 2.29. The number of rotatable bonds is 4. The Bertz CT molecular complexity index is 263. The Balaban J connectivity index is 1.89. The lowest BCUT2D eigenvalue weighted by atomic mass is 10.0. The van der Waals surface area contributed by atoms with Crippen molar-refractivity contribution in [2.45, 2.75) is 51.5 Å². The van der Waals surface area contributed by atoms with Gasteiger partial charge in [0.2, 0.25) is 5.91 Å². The molecule has 2 aliphatic carbocycles. The summed E-state index contributed by atoms with van der Waals surface area (Å²) in [5, 5.41) is 4.06. The van der Waals surface area contributed by atoms with Crippen LogP contribution in [0, 0.1) is 17.8 Å². The van der Waals surface area contributed by atoms with Crippen LogP contribution in [0.25, 0.3) is 0 Å². The fourth-order valence-corrected chi connectivity index (χ4v) is 3.51. The van der Waals surface area contributed by atoms with Gasteiger partial charge in [0.05, 0.1) is 0 Å². The van der Waals surface area contributed by atoms with Gasteiger partial charge in [0.1, 0.15) is 0 Å². The van der Waals surface area contributed by atoms with Crippen molar-refractivity contribution in [3.05, 3.63) is 0 Å². The van der Waals surface area contributed by atoms with Crippen LogP contribution < -0.4 is 5.32 Å². The van der Waals surface area contributed by atoms with Crippen LogP contribution in [0.5, 0.6) is 0 Å². The van der Waals surface area contributed by atoms with Gasteiger partial charge in [-0.25, -0.2) is 0 Å². The minimum atomic E-state index is -0.0666. The molecule has 0 aliphatic heterocycles. The molecule has 3 heteroatoms. The second kappa shape index (κ2) is 4.67. The molecule has 0 aromatic carbocycles. The molecular weight excluding hydrogens is 266 g/mol. The number of alkyl halides is 1. The molecule has 0 bridgehead atoms. The first-order valence-corrected chi connectivity index (χ1v) is 7.61. The molecular formula is C13H22BrNO. The summed E-state index contributed by atoms with van der Waals surface area (Å²) in [6, 6.07) is 0. The molecule has 1 amide bonds. The van der Waals surface area contributed by atoms with Gasteiger partial charge in [-0.1, -0.05) is 35.7 Å². The van der Waals surface area contributed by atoms with Crippen molar-refractivity contribution in [2.75, 3.05) is 5.33 Å². The second-order valence-corrected chi connectivity index (χ2v) is 6.24. The van der Waals surface area contributed by atoms with E-state index in [-0.39, 0.29) is 5.54 Å². The van der Waals surface area contributed by atoms with E-state index < -0.39 is 0 Å². The summed E-state index contributed by atoms with van der Waals surface area (Å²) >= 11 is 3.49. The third-order valence-electron chi connectivity index (χ3n) is 4.46. The summed E-state index contributed by atoms with van der Waals surface area (Å²) in [4.78, 5) is 12.2. The molecule has 0 saturated heterocycles. The Labute approximate surface area is 107 Å². The Morgan fingerprint density at radius 1 is 1.38 bits per heavy atom. The number of fused-ring (bicyclic) bond motifs is 1. The van der Waals surface area contributed by atoms with Gasteiger partial charge in [0, 0.05) is 16.8 Å². The zero-order chi connectivity index (χ0) is 11.8. The number of carbonyl (C=O) groups excluding carboxylic acids is 1. The van der Waals surface area contributed by atoms with Gasteiger partial charge in [-0.15, -0.1) is 0 Å². The van der Waals surface area contributed by atoms with Gasteiger partial charge in [0.25, 0.3) is 0 Å². The van der Waals surface area contributed by atoms with E-state index in [1.165, 1.54) is 25.7 Å². The maximum atomic E-state index is 12.2. The lowest BCUT2D eigenvalue weighted by Gasteiger charge is -2.27. The highest BCUT2D eigenvalue weighted by atomic mass is 79.9. The van der Waals surface area contributed by atoms with Crippen molar-refractivity contribution in [1.82, 2.24) is 5.32 Å². The summed E-state index contributed by atoms with van der Waals surface area (Å²) in [6.07, 6.45) is 6.19. The fourth-order valence-electron chi connectivity index (χ4n) is 2.98. The molecule has 0 aromatic heterocycles. The molecule has 1 N–H and O–H groups in total. The molecule has 3 unspecified atom stereocenters. The number of halogens is 1. The Morgan fingerprint density at radius 2 is 1.94 bits per heavy atom. The quantitative estimate of drug-likeness (QED) is 0.791. The minimum Gasteiger partial charge on any atom is -0.350 e. The molecule has 3 atom stereocenters. The predicted molar refractivity (Wildman–Crippen MR) is 69.6 cm³/mol. The van der Waals surface area contributed by atoms with E-state index in [9.17, 15) is 4.79 Å². The monoisotopic (exact) mass is 287 g/mol. The van der Waals surface area contributed by atoms with Crippen LogP contribution in [0.15, 0.2) is 0 Å². The lowest BCUT2D eigenvalue weighted by molar-refractivity contribution is -0.124. The summed E-state index contributed by atoms with van der Waals surface area (Å²) in [5.41, 5.74) is -0.0666. The number of hydrogen-bond donors (Lipinski definition) is 1. The summed E-state index contributed by atoms with van der Waals surface area (Å²) in [7, 11) is 0. The molecule has 2 saturated carbocycles. The standard InChI is InChI=1S/C13H22BrNO/c1-3-13(2,8-14)15-12(16)11-9-6-4-5-7-10(9)11/h9-11H,3-8H2,1-2H3,(H,15,16). The highest BCUT2D eigenvalue weighted by molar-refractivity contribution is 9.09. The molecule has 0 radical (unpaired) electrons. The van der Waals surface area contributed by atoms with E-state index in [2.05, 4.69) is 35.1 Å². The topological polar surface area (TPSA) is 29.1 Å². The van der Waals surface area contributed by atoms with Crippen LogP contribution in [0.3, 0.4) is 0 Å². The fraction of sp³-hybridized carbons (Fsp3) is 0.923. The molecule has 0 heterocycles. The van der Waals surface area contributed by atoms with Crippen molar-refractivity contribution in [2.24, 2.45) is 17.8 Å². The molecule has 92 valence electrons. The second-order valence-electron chi connectivity index (χ2n) is 5.68. The van der Waals surface area contributed by atoms with Crippen LogP contribution in [0.2, 0.25) is 0 Å². The third-order valence-corrected chi connectivity index (χ3v) is 5.70. The van der Waals surface area contributed by atoms with Gasteiger partial charge < -0.3 is 5.32 Å². The Kier molecular flexibility index (Phi) is 3.62. The zero-order valence-electron chi connectivity index (χ0n) is 10.3. The minimum absolute atomic E-state index is 0.0666. The van der Waals surface area contributed by atoms with E-state index >= 15 is 0 Å². The van der Waals surface area contributed by atoms with Crippen LogP contribution >= 0.6 is 15.9 Å². The van der Waals surface area contributed by atoms with Gasteiger partial charge in [-0.3, -0.25) is 4.79 Å².